The van der Waals surface area contributed by atoms with Crippen molar-refractivity contribution in [3.63, 3.8) is 0 Å². The molecule has 0 unspecified atom stereocenters. The average Bonchev–Trinajstić information content (AvgIpc) is 2.11. The molecule has 7 heteroatoms. The number of halogens is 4. The van der Waals surface area contributed by atoms with Crippen LogP contribution < -0.4 is 4.74 Å². The first-order chi connectivity index (χ1) is 6.93. The van der Waals surface area contributed by atoms with Gasteiger partial charge in [0, 0.05) is 0 Å². The lowest BCUT2D eigenvalue weighted by Gasteiger charge is -2.09. The van der Waals surface area contributed by atoms with Gasteiger partial charge in [-0.05, 0) is 12.1 Å². The van der Waals surface area contributed by atoms with Crippen LogP contribution in [0.5, 0.6) is 5.75 Å². The summed E-state index contributed by atoms with van der Waals surface area (Å²) < 4.78 is 27.9. The minimum absolute atomic E-state index is 0.176. The van der Waals surface area contributed by atoms with Gasteiger partial charge in [0.25, 0.3) is 0 Å². The van der Waals surface area contributed by atoms with E-state index in [4.69, 9.17) is 28.3 Å². The number of alkyl halides is 2. The van der Waals surface area contributed by atoms with Gasteiger partial charge in [-0.2, -0.15) is 8.78 Å². The first kappa shape index (κ1) is 12.0. The maximum atomic E-state index is 11.9. The lowest BCUT2D eigenvalue weighted by molar-refractivity contribution is -0.0497. The van der Waals surface area contributed by atoms with E-state index >= 15 is 0 Å². The van der Waals surface area contributed by atoms with E-state index in [1.807, 2.05) is 0 Å². The maximum absolute atomic E-state index is 11.9. The van der Waals surface area contributed by atoms with E-state index < -0.39 is 23.4 Å². The maximum Gasteiger partial charge on any atom is 0.387 e. The molecule has 0 aromatic heterocycles. The van der Waals surface area contributed by atoms with E-state index in [9.17, 15) is 13.6 Å². The molecule has 0 atom stereocenters. The molecule has 82 valence electrons. The van der Waals surface area contributed by atoms with Gasteiger partial charge in [0.15, 0.2) is 5.75 Å². The standard InChI is InChI=1S/C8H4Cl2F2O3/c9-4-2-1-3(7(13)14)5(10)6(4)15-8(11)12/h1-2,8H,(H,13,14). The van der Waals surface area contributed by atoms with Gasteiger partial charge in [0.1, 0.15) is 0 Å². The molecule has 0 radical (unpaired) electrons. The highest BCUT2D eigenvalue weighted by Gasteiger charge is 2.19. The number of carboxylic acid groups (broad SMARTS) is 1. The number of ether oxygens (including phenoxy) is 1. The number of hydrogen-bond acceptors (Lipinski definition) is 2. The Balaban J connectivity index is 3.24. The molecule has 3 nitrogen and oxygen atoms in total. The van der Waals surface area contributed by atoms with Crippen LogP contribution in [-0.4, -0.2) is 17.7 Å². The van der Waals surface area contributed by atoms with Crippen molar-refractivity contribution in [1.29, 1.82) is 0 Å². The molecule has 0 aliphatic rings. The summed E-state index contributed by atoms with van der Waals surface area (Å²) in [5, 5.41) is 8.02. The van der Waals surface area contributed by atoms with Gasteiger partial charge in [-0.25, -0.2) is 4.79 Å². The van der Waals surface area contributed by atoms with Gasteiger partial charge in [-0.15, -0.1) is 0 Å². The van der Waals surface area contributed by atoms with Crippen LogP contribution in [0.4, 0.5) is 8.78 Å². The van der Waals surface area contributed by atoms with Crippen LogP contribution >= 0.6 is 23.2 Å². The number of hydrogen-bond donors (Lipinski definition) is 1. The number of carbonyl (C=O) groups is 1. The molecule has 0 saturated heterocycles. The van der Waals surface area contributed by atoms with E-state index in [0.29, 0.717) is 0 Å². The smallest absolute Gasteiger partial charge is 0.387 e. The summed E-state index contributed by atoms with van der Waals surface area (Å²) >= 11 is 11.0. The minimum atomic E-state index is -3.12. The predicted molar refractivity (Wildman–Crippen MR) is 50.1 cm³/mol. The van der Waals surface area contributed by atoms with Crippen LogP contribution in [0.25, 0.3) is 0 Å². The first-order valence-corrected chi connectivity index (χ1v) is 4.35. The Morgan fingerprint density at radius 2 is 2.00 bits per heavy atom. The highest BCUT2D eigenvalue weighted by atomic mass is 35.5. The lowest BCUT2D eigenvalue weighted by Crippen LogP contribution is -2.05. The molecule has 0 heterocycles. The molecule has 0 saturated carbocycles. The fourth-order valence-corrected chi connectivity index (χ4v) is 1.44. The predicted octanol–water partition coefficient (Wildman–Crippen LogP) is 3.29. The topological polar surface area (TPSA) is 46.5 Å². The second kappa shape index (κ2) is 4.63. The molecule has 0 fully saturated rings. The van der Waals surface area contributed by atoms with Crippen LogP contribution in [-0.2, 0) is 0 Å². The third kappa shape index (κ3) is 2.70. The van der Waals surface area contributed by atoms with Crippen LogP contribution in [0.1, 0.15) is 10.4 Å². The van der Waals surface area contributed by atoms with Gasteiger partial charge in [0.05, 0.1) is 15.6 Å². The Morgan fingerprint density at radius 1 is 1.40 bits per heavy atom. The fourth-order valence-electron chi connectivity index (χ4n) is 0.895. The quantitative estimate of drug-likeness (QED) is 0.903. The largest absolute Gasteiger partial charge is 0.478 e. The van der Waals surface area contributed by atoms with Crippen molar-refractivity contribution in [1.82, 2.24) is 0 Å². The van der Waals surface area contributed by atoms with Crippen molar-refractivity contribution in [2.45, 2.75) is 6.61 Å². The monoisotopic (exact) mass is 256 g/mol. The van der Waals surface area contributed by atoms with Crippen LogP contribution in [0.2, 0.25) is 10.0 Å². The van der Waals surface area contributed by atoms with Crippen molar-refractivity contribution in [2.24, 2.45) is 0 Å². The third-order valence-electron chi connectivity index (χ3n) is 1.49. The second-order valence-electron chi connectivity index (χ2n) is 2.42. The van der Waals surface area contributed by atoms with Crippen molar-refractivity contribution in [3.05, 3.63) is 27.7 Å². The van der Waals surface area contributed by atoms with E-state index in [1.54, 1.807) is 0 Å². The average molecular weight is 257 g/mol. The Bertz CT molecular complexity index is 396. The van der Waals surface area contributed by atoms with Gasteiger partial charge in [-0.3, -0.25) is 0 Å². The summed E-state index contributed by atoms with van der Waals surface area (Å²) in [4.78, 5) is 10.6. The van der Waals surface area contributed by atoms with E-state index in [1.165, 1.54) is 0 Å². The molecule has 1 aromatic rings. The highest BCUT2D eigenvalue weighted by molar-refractivity contribution is 6.39. The highest BCUT2D eigenvalue weighted by Crippen LogP contribution is 2.36. The Hall–Kier alpha value is -1.07. The molecule has 0 spiro atoms. The van der Waals surface area contributed by atoms with Crippen molar-refractivity contribution in [3.8, 4) is 5.75 Å². The molecule has 0 amide bonds. The Kier molecular flexibility index (Phi) is 3.71. The van der Waals surface area contributed by atoms with Gasteiger partial charge in [0.2, 0.25) is 0 Å². The summed E-state index contributed by atoms with van der Waals surface area (Å²) in [6.45, 7) is -3.12. The summed E-state index contributed by atoms with van der Waals surface area (Å²) in [5.41, 5.74) is -0.350. The number of carboxylic acids is 1. The first-order valence-electron chi connectivity index (χ1n) is 3.59. The summed E-state index contributed by atoms with van der Waals surface area (Å²) in [7, 11) is 0. The second-order valence-corrected chi connectivity index (χ2v) is 3.21. The van der Waals surface area contributed by atoms with E-state index in [2.05, 4.69) is 4.74 Å². The molecule has 1 rings (SSSR count). The molecular weight excluding hydrogens is 253 g/mol. The number of rotatable bonds is 3. The molecule has 0 aliphatic heterocycles. The normalized spacial score (nSPS) is 10.5. The zero-order chi connectivity index (χ0) is 11.6. The lowest BCUT2D eigenvalue weighted by atomic mass is 10.2. The minimum Gasteiger partial charge on any atom is -0.478 e. The Morgan fingerprint density at radius 3 is 2.47 bits per heavy atom. The van der Waals surface area contributed by atoms with Crippen molar-refractivity contribution >= 4 is 29.2 Å². The number of benzene rings is 1. The van der Waals surface area contributed by atoms with Gasteiger partial charge >= 0.3 is 12.6 Å². The summed E-state index contributed by atoms with van der Waals surface area (Å²) in [5.74, 6) is -1.89. The molecule has 1 aromatic carbocycles. The molecule has 0 bridgehead atoms. The zero-order valence-electron chi connectivity index (χ0n) is 7.01. The number of aromatic carboxylic acids is 1. The van der Waals surface area contributed by atoms with Crippen molar-refractivity contribution < 1.29 is 23.4 Å². The van der Waals surface area contributed by atoms with Crippen LogP contribution in [0.3, 0.4) is 0 Å². The SMILES string of the molecule is O=C(O)c1ccc(Cl)c(OC(F)F)c1Cl. The Labute approximate surface area is 93.2 Å². The molecule has 1 N–H and O–H groups in total. The van der Waals surface area contributed by atoms with Gasteiger partial charge < -0.3 is 9.84 Å². The van der Waals surface area contributed by atoms with Gasteiger partial charge in [-0.1, -0.05) is 23.2 Å². The summed E-state index contributed by atoms with van der Waals surface area (Å²) in [6.07, 6.45) is 0. The van der Waals surface area contributed by atoms with Crippen LogP contribution in [0.15, 0.2) is 12.1 Å². The third-order valence-corrected chi connectivity index (χ3v) is 2.16. The van der Waals surface area contributed by atoms with Crippen molar-refractivity contribution in [2.75, 3.05) is 0 Å². The van der Waals surface area contributed by atoms with Crippen LogP contribution in [0, 0.1) is 0 Å². The molecule has 0 aliphatic carbocycles. The molecular formula is C8H4Cl2F2O3. The molecule has 15 heavy (non-hydrogen) atoms. The van der Waals surface area contributed by atoms with E-state index in [-0.39, 0.29) is 10.6 Å². The fraction of sp³-hybridized carbons (Fsp3) is 0.125. The summed E-state index contributed by atoms with van der Waals surface area (Å²) in [6, 6.07) is 2.22. The zero-order valence-corrected chi connectivity index (χ0v) is 8.52. The van der Waals surface area contributed by atoms with E-state index in [0.717, 1.165) is 12.1 Å².